The van der Waals surface area contributed by atoms with Crippen molar-refractivity contribution in [2.75, 3.05) is 6.54 Å². The van der Waals surface area contributed by atoms with Gasteiger partial charge in [-0.1, -0.05) is 37.8 Å². The fourth-order valence-electron chi connectivity index (χ4n) is 2.86. The van der Waals surface area contributed by atoms with Gasteiger partial charge in [-0.15, -0.1) is 0 Å². The maximum absolute atomic E-state index is 11.9. The number of carbonyl (C=O) groups is 2. The summed E-state index contributed by atoms with van der Waals surface area (Å²) in [5.74, 6) is -0.430. The Hall–Kier alpha value is -2.04. The van der Waals surface area contributed by atoms with Crippen molar-refractivity contribution in [3.63, 3.8) is 0 Å². The molecule has 0 unspecified atom stereocenters. The van der Waals surface area contributed by atoms with Crippen LogP contribution in [0.1, 0.15) is 54.4 Å². The number of hydrogen-bond donors (Lipinski definition) is 3. The molecule has 0 atom stereocenters. The average molecular weight is 303 g/mol. The SMILES string of the molecule is NC(=O)c1cccc(CCNC(=O)NC2CCCCCC2)c1. The molecule has 0 spiro atoms. The molecule has 0 saturated heterocycles. The smallest absolute Gasteiger partial charge is 0.315 e. The van der Waals surface area contributed by atoms with E-state index >= 15 is 0 Å². The number of rotatable bonds is 5. The van der Waals surface area contributed by atoms with E-state index in [0.717, 1.165) is 18.4 Å². The first-order valence-electron chi connectivity index (χ1n) is 8.08. The Morgan fingerprint density at radius 1 is 1.14 bits per heavy atom. The lowest BCUT2D eigenvalue weighted by Crippen LogP contribution is -2.42. The summed E-state index contributed by atoms with van der Waals surface area (Å²) in [6.07, 6.45) is 7.78. The minimum absolute atomic E-state index is 0.0991. The van der Waals surface area contributed by atoms with Crippen LogP contribution in [0.3, 0.4) is 0 Å². The zero-order valence-electron chi connectivity index (χ0n) is 12.9. The number of carbonyl (C=O) groups excluding carboxylic acids is 2. The highest BCUT2D eigenvalue weighted by Gasteiger charge is 2.14. The van der Waals surface area contributed by atoms with Crippen LogP contribution < -0.4 is 16.4 Å². The lowest BCUT2D eigenvalue weighted by Gasteiger charge is -2.16. The summed E-state index contributed by atoms with van der Waals surface area (Å²) in [6, 6.07) is 7.41. The van der Waals surface area contributed by atoms with Crippen molar-refractivity contribution in [2.45, 2.75) is 51.0 Å². The van der Waals surface area contributed by atoms with Crippen molar-refractivity contribution in [1.29, 1.82) is 0 Å². The summed E-state index contributed by atoms with van der Waals surface area (Å²) in [7, 11) is 0. The molecule has 1 fully saturated rings. The van der Waals surface area contributed by atoms with Crippen molar-refractivity contribution in [2.24, 2.45) is 5.73 Å². The Morgan fingerprint density at radius 2 is 1.86 bits per heavy atom. The number of hydrogen-bond acceptors (Lipinski definition) is 2. The van der Waals surface area contributed by atoms with Crippen LogP contribution in [0.2, 0.25) is 0 Å². The first kappa shape index (κ1) is 16.3. The van der Waals surface area contributed by atoms with Gasteiger partial charge in [-0.25, -0.2) is 4.79 Å². The normalized spacial score (nSPS) is 15.8. The maximum Gasteiger partial charge on any atom is 0.315 e. The number of nitrogens with one attached hydrogen (secondary N) is 2. The van der Waals surface area contributed by atoms with E-state index in [2.05, 4.69) is 10.6 Å². The predicted octanol–water partition coefficient (Wildman–Crippen LogP) is 2.35. The van der Waals surface area contributed by atoms with Gasteiger partial charge in [0.2, 0.25) is 5.91 Å². The van der Waals surface area contributed by atoms with Gasteiger partial charge in [0.05, 0.1) is 0 Å². The fourth-order valence-corrected chi connectivity index (χ4v) is 2.86. The van der Waals surface area contributed by atoms with Gasteiger partial charge in [-0.3, -0.25) is 4.79 Å². The van der Waals surface area contributed by atoms with E-state index in [0.29, 0.717) is 24.6 Å². The van der Waals surface area contributed by atoms with Gasteiger partial charge in [0.15, 0.2) is 0 Å². The molecule has 5 nitrogen and oxygen atoms in total. The van der Waals surface area contributed by atoms with Crippen LogP contribution in [0, 0.1) is 0 Å². The average Bonchev–Trinajstić information content (AvgIpc) is 2.76. The molecule has 0 heterocycles. The van der Waals surface area contributed by atoms with Crippen LogP contribution in [0.4, 0.5) is 4.79 Å². The number of amides is 3. The molecule has 4 N–H and O–H groups in total. The van der Waals surface area contributed by atoms with E-state index in [9.17, 15) is 9.59 Å². The third-order valence-corrected chi connectivity index (χ3v) is 4.10. The third-order valence-electron chi connectivity index (χ3n) is 4.10. The van der Waals surface area contributed by atoms with Gasteiger partial charge in [0, 0.05) is 18.2 Å². The summed E-state index contributed by atoms with van der Waals surface area (Å²) < 4.78 is 0. The van der Waals surface area contributed by atoms with Crippen LogP contribution in [0.5, 0.6) is 0 Å². The Labute approximate surface area is 131 Å². The molecule has 3 amide bonds. The zero-order chi connectivity index (χ0) is 15.8. The second-order valence-corrected chi connectivity index (χ2v) is 5.90. The van der Waals surface area contributed by atoms with Gasteiger partial charge < -0.3 is 16.4 Å². The minimum atomic E-state index is -0.430. The second kappa shape index (κ2) is 8.41. The van der Waals surface area contributed by atoms with Crippen molar-refractivity contribution < 1.29 is 9.59 Å². The molecule has 0 aromatic heterocycles. The number of benzene rings is 1. The van der Waals surface area contributed by atoms with Crippen molar-refractivity contribution in [1.82, 2.24) is 10.6 Å². The van der Waals surface area contributed by atoms with E-state index < -0.39 is 5.91 Å². The van der Waals surface area contributed by atoms with Crippen molar-refractivity contribution in [3.8, 4) is 0 Å². The highest BCUT2D eigenvalue weighted by Crippen LogP contribution is 2.16. The molecule has 1 aromatic rings. The summed E-state index contributed by atoms with van der Waals surface area (Å²) >= 11 is 0. The van der Waals surface area contributed by atoms with Crippen LogP contribution in [-0.4, -0.2) is 24.5 Å². The van der Waals surface area contributed by atoms with Crippen LogP contribution in [-0.2, 0) is 6.42 Å². The minimum Gasteiger partial charge on any atom is -0.366 e. The molecule has 120 valence electrons. The molecule has 1 saturated carbocycles. The topological polar surface area (TPSA) is 84.2 Å². The van der Waals surface area contributed by atoms with Crippen LogP contribution in [0.15, 0.2) is 24.3 Å². The van der Waals surface area contributed by atoms with Gasteiger partial charge in [-0.05, 0) is 37.0 Å². The summed E-state index contributed by atoms with van der Waals surface area (Å²) in [5, 5.41) is 5.93. The van der Waals surface area contributed by atoms with Gasteiger partial charge in [-0.2, -0.15) is 0 Å². The highest BCUT2D eigenvalue weighted by atomic mass is 16.2. The third kappa shape index (κ3) is 5.39. The lowest BCUT2D eigenvalue weighted by molar-refractivity contribution is 0.1000. The predicted molar refractivity (Wildman–Crippen MR) is 86.7 cm³/mol. The molecule has 0 radical (unpaired) electrons. The van der Waals surface area contributed by atoms with Crippen molar-refractivity contribution in [3.05, 3.63) is 35.4 Å². The molecule has 2 rings (SSSR count). The van der Waals surface area contributed by atoms with E-state index in [1.54, 1.807) is 18.2 Å². The summed E-state index contributed by atoms with van der Waals surface area (Å²) in [4.78, 5) is 23.0. The standard InChI is InChI=1S/C17H25N3O2/c18-16(21)14-7-5-6-13(12-14)10-11-19-17(22)20-15-8-3-1-2-4-9-15/h5-7,12,15H,1-4,8-11H2,(H2,18,21)(H2,19,20,22). The van der Waals surface area contributed by atoms with E-state index in [1.165, 1.54) is 25.7 Å². The number of urea groups is 1. The van der Waals surface area contributed by atoms with Gasteiger partial charge in [0.25, 0.3) is 0 Å². The Bertz CT molecular complexity index is 508. The Morgan fingerprint density at radius 3 is 2.55 bits per heavy atom. The molecule has 22 heavy (non-hydrogen) atoms. The lowest BCUT2D eigenvalue weighted by atomic mass is 10.1. The van der Waals surface area contributed by atoms with E-state index in [1.807, 2.05) is 6.07 Å². The van der Waals surface area contributed by atoms with Crippen LogP contribution in [0.25, 0.3) is 0 Å². The van der Waals surface area contributed by atoms with Crippen LogP contribution >= 0.6 is 0 Å². The molecule has 0 bridgehead atoms. The van der Waals surface area contributed by atoms with Gasteiger partial charge >= 0.3 is 6.03 Å². The maximum atomic E-state index is 11.9. The second-order valence-electron chi connectivity index (χ2n) is 5.90. The molecule has 1 aliphatic carbocycles. The fraction of sp³-hybridized carbons (Fsp3) is 0.529. The Balaban J connectivity index is 1.72. The molecular weight excluding hydrogens is 278 g/mol. The molecule has 1 aliphatic rings. The largest absolute Gasteiger partial charge is 0.366 e. The van der Waals surface area contributed by atoms with Crippen molar-refractivity contribution >= 4 is 11.9 Å². The summed E-state index contributed by atoms with van der Waals surface area (Å²) in [6.45, 7) is 0.542. The first-order valence-corrected chi connectivity index (χ1v) is 8.08. The zero-order valence-corrected chi connectivity index (χ0v) is 12.9. The molecule has 0 aliphatic heterocycles. The quantitative estimate of drug-likeness (QED) is 0.729. The van der Waals surface area contributed by atoms with Gasteiger partial charge in [0.1, 0.15) is 0 Å². The first-order chi connectivity index (χ1) is 10.6. The number of primary amides is 1. The molecular formula is C17H25N3O2. The molecule has 5 heteroatoms. The monoisotopic (exact) mass is 303 g/mol. The number of nitrogens with two attached hydrogens (primary N) is 1. The summed E-state index contributed by atoms with van der Waals surface area (Å²) in [5.41, 5.74) is 6.75. The van der Waals surface area contributed by atoms with E-state index in [-0.39, 0.29) is 6.03 Å². The molecule has 1 aromatic carbocycles. The Kier molecular flexibility index (Phi) is 6.25. The van der Waals surface area contributed by atoms with E-state index in [4.69, 9.17) is 5.73 Å². The highest BCUT2D eigenvalue weighted by molar-refractivity contribution is 5.92.